The molecule has 15 heteroatoms. The van der Waals surface area contributed by atoms with E-state index in [-0.39, 0.29) is 5.82 Å². The summed E-state index contributed by atoms with van der Waals surface area (Å²) in [5.74, 6) is 2.28. The summed E-state index contributed by atoms with van der Waals surface area (Å²) in [6.07, 6.45) is 2.47. The molecule has 0 fully saturated rings. The molecule has 0 unspecified atom stereocenters. The van der Waals surface area contributed by atoms with Gasteiger partial charge in [0, 0.05) is 24.8 Å². The van der Waals surface area contributed by atoms with Crippen LogP contribution >= 0.6 is 0 Å². The van der Waals surface area contributed by atoms with Crippen molar-refractivity contribution in [1.82, 2.24) is 25.4 Å². The molecule has 2 aromatic heterocycles. The zero-order valence-corrected chi connectivity index (χ0v) is 13.3. The summed E-state index contributed by atoms with van der Waals surface area (Å²) in [7, 11) is 0. The number of alkyl halides is 4. The first kappa shape index (κ1) is 23.4. The van der Waals surface area contributed by atoms with Gasteiger partial charge in [-0.05, 0) is 0 Å². The Kier molecular flexibility index (Phi) is 11.8. The minimum atomic E-state index is -3.23. The van der Waals surface area contributed by atoms with Crippen molar-refractivity contribution in [3.8, 4) is 0 Å². The molecule has 0 saturated carbocycles. The Labute approximate surface area is 149 Å². The molecule has 0 aliphatic heterocycles. The maximum absolute atomic E-state index is 11.6. The van der Waals surface area contributed by atoms with Crippen molar-refractivity contribution in [1.29, 1.82) is 0 Å². The van der Waals surface area contributed by atoms with Gasteiger partial charge in [-0.3, -0.25) is 25.6 Å². The number of nitrogens with zero attached hydrogens (tertiary/aromatic N) is 4. The molecule has 0 aromatic carbocycles. The minimum Gasteiger partial charge on any atom is -0.477 e. The number of nitrogens with one attached hydrogen (secondary N) is 3. The number of hydrogen-bond donors (Lipinski definition) is 5. The molecule has 148 valence electrons. The molecule has 0 aliphatic rings. The predicted molar refractivity (Wildman–Crippen MR) is 83.3 cm³/mol. The molecule has 0 radical (unpaired) electrons. The molecule has 11 nitrogen and oxygen atoms in total. The lowest BCUT2D eigenvalue weighted by molar-refractivity contribution is -0.149. The van der Waals surface area contributed by atoms with Gasteiger partial charge < -0.3 is 10.5 Å². The number of carbonyl (C=O) groups is 2. The molecular weight excluding hydrogens is 380 g/mol. The fraction of sp³-hybridized carbons (Fsp3) is 0.167. The summed E-state index contributed by atoms with van der Waals surface area (Å²) < 4.78 is 44.4. The van der Waals surface area contributed by atoms with Crippen LogP contribution in [-0.2, 0) is 9.59 Å². The van der Waals surface area contributed by atoms with E-state index in [1.165, 1.54) is 18.6 Å². The van der Waals surface area contributed by atoms with E-state index in [2.05, 4.69) is 30.8 Å². The largest absolute Gasteiger partial charge is 0.477 e. The summed E-state index contributed by atoms with van der Waals surface area (Å²) in [6, 6.07) is 0. The van der Waals surface area contributed by atoms with Crippen molar-refractivity contribution in [3.63, 3.8) is 0 Å². The molecule has 2 rings (SSSR count). The van der Waals surface area contributed by atoms with E-state index in [4.69, 9.17) is 15.7 Å². The Bertz CT molecular complexity index is 666. The zero-order chi connectivity index (χ0) is 20.7. The van der Waals surface area contributed by atoms with Gasteiger partial charge in [-0.2, -0.15) is 17.6 Å². The number of halogens is 4. The highest BCUT2D eigenvalue weighted by molar-refractivity contribution is 5.80. The van der Waals surface area contributed by atoms with Gasteiger partial charge in [-0.25, -0.2) is 20.6 Å². The topological polar surface area (TPSA) is 168 Å². The lowest BCUT2D eigenvalue weighted by Gasteiger charge is -2.05. The molecule has 0 bridgehead atoms. The number of anilines is 2. The number of carboxylic acids is 1. The monoisotopic (exact) mass is 394 g/mol. The SMILES string of the molecule is NNc1cnccn1.O=C(NNc1cnccn1)C(F)F.O=C(O)C(F)F. The maximum atomic E-state index is 11.6. The molecule has 0 atom stereocenters. The molecule has 0 saturated heterocycles. The molecule has 0 spiro atoms. The van der Waals surface area contributed by atoms with Gasteiger partial charge in [-0.15, -0.1) is 0 Å². The van der Waals surface area contributed by atoms with E-state index in [0.717, 1.165) is 0 Å². The third-order valence-electron chi connectivity index (χ3n) is 1.97. The van der Waals surface area contributed by atoms with Crippen LogP contribution in [0.1, 0.15) is 0 Å². The minimum absolute atomic E-state index is 0.191. The van der Waals surface area contributed by atoms with Gasteiger partial charge in [-0.1, -0.05) is 0 Å². The van der Waals surface area contributed by atoms with Crippen LogP contribution in [0.5, 0.6) is 0 Å². The van der Waals surface area contributed by atoms with Crippen LogP contribution in [0.2, 0.25) is 0 Å². The Morgan fingerprint density at radius 1 is 0.926 bits per heavy atom. The molecule has 2 aromatic rings. The number of rotatable bonds is 5. The molecule has 0 aliphatic carbocycles. The van der Waals surface area contributed by atoms with Crippen molar-refractivity contribution >= 4 is 23.5 Å². The second-order valence-corrected chi connectivity index (χ2v) is 3.88. The average molecular weight is 394 g/mol. The van der Waals surface area contributed by atoms with Crippen molar-refractivity contribution in [2.24, 2.45) is 5.84 Å². The number of aromatic nitrogens is 4. The molecule has 2 heterocycles. The van der Waals surface area contributed by atoms with Crippen molar-refractivity contribution in [2.45, 2.75) is 12.9 Å². The average Bonchev–Trinajstić information content (AvgIpc) is 2.68. The third kappa shape index (κ3) is 12.4. The highest BCUT2D eigenvalue weighted by Crippen LogP contribution is 1.95. The van der Waals surface area contributed by atoms with Gasteiger partial charge in [0.25, 0.3) is 0 Å². The number of aliphatic carboxylic acids is 1. The number of nitrogens with two attached hydrogens (primary N) is 1. The van der Waals surface area contributed by atoms with Crippen LogP contribution in [0, 0.1) is 0 Å². The first-order valence-electron chi connectivity index (χ1n) is 6.61. The molecule has 6 N–H and O–H groups in total. The smallest absolute Gasteiger partial charge is 0.371 e. The summed E-state index contributed by atoms with van der Waals surface area (Å²) in [4.78, 5) is 34.2. The fourth-order valence-corrected chi connectivity index (χ4v) is 0.917. The van der Waals surface area contributed by atoms with Crippen molar-refractivity contribution < 1.29 is 32.3 Å². The highest BCUT2D eigenvalue weighted by Gasteiger charge is 2.14. The normalized spacial score (nSPS) is 9.30. The second-order valence-electron chi connectivity index (χ2n) is 3.88. The van der Waals surface area contributed by atoms with Gasteiger partial charge in [0.05, 0.1) is 12.4 Å². The van der Waals surface area contributed by atoms with Crippen LogP contribution in [-0.4, -0.2) is 49.8 Å². The molecule has 27 heavy (non-hydrogen) atoms. The first-order valence-corrected chi connectivity index (χ1v) is 6.61. The Hall–Kier alpha value is -3.62. The summed E-state index contributed by atoms with van der Waals surface area (Å²) in [5, 5.41) is 7.24. The summed E-state index contributed by atoms with van der Waals surface area (Å²) >= 11 is 0. The van der Waals surface area contributed by atoms with Crippen molar-refractivity contribution in [3.05, 3.63) is 37.2 Å². The van der Waals surface area contributed by atoms with Gasteiger partial charge >= 0.3 is 24.7 Å². The zero-order valence-electron chi connectivity index (χ0n) is 13.3. The van der Waals surface area contributed by atoms with Gasteiger partial charge in [0.2, 0.25) is 0 Å². The number of hydrazine groups is 2. The summed E-state index contributed by atoms with van der Waals surface area (Å²) in [6.45, 7) is 0. The lowest BCUT2D eigenvalue weighted by atomic mass is 10.6. The standard InChI is InChI=1S/C6H6F2N4O.C4H6N4.C2H2F2O2/c7-5(8)6(13)12-11-4-3-9-1-2-10-4;5-8-4-3-6-1-2-7-4;3-1(4)2(5)6/h1-3,5H,(H,10,11)(H,12,13);1-3H,5H2,(H,7,8);1H,(H,5,6). The van der Waals surface area contributed by atoms with E-state index in [1.807, 2.05) is 0 Å². The van der Waals surface area contributed by atoms with Crippen LogP contribution in [0.25, 0.3) is 0 Å². The van der Waals surface area contributed by atoms with E-state index in [9.17, 15) is 22.4 Å². The van der Waals surface area contributed by atoms with Crippen molar-refractivity contribution in [2.75, 3.05) is 10.9 Å². The van der Waals surface area contributed by atoms with Crippen LogP contribution < -0.4 is 22.1 Å². The van der Waals surface area contributed by atoms with E-state index >= 15 is 0 Å². The Morgan fingerprint density at radius 2 is 1.41 bits per heavy atom. The molecule has 1 amide bonds. The van der Waals surface area contributed by atoms with E-state index in [0.29, 0.717) is 5.82 Å². The molecular formula is C12H14F4N8O3. The second kappa shape index (κ2) is 13.6. The lowest BCUT2D eigenvalue weighted by Crippen LogP contribution is -2.34. The quantitative estimate of drug-likeness (QED) is 0.270. The van der Waals surface area contributed by atoms with E-state index < -0.39 is 24.7 Å². The third-order valence-corrected chi connectivity index (χ3v) is 1.97. The Balaban J connectivity index is 0.000000413. The number of carboxylic acid groups (broad SMARTS) is 1. The van der Waals surface area contributed by atoms with Gasteiger partial charge in [0.1, 0.15) is 0 Å². The van der Waals surface area contributed by atoms with Crippen LogP contribution in [0.15, 0.2) is 37.2 Å². The number of carbonyl (C=O) groups excluding carboxylic acids is 1. The maximum Gasteiger partial charge on any atom is 0.371 e. The predicted octanol–water partition coefficient (Wildman–Crippen LogP) is 0.283. The fourth-order valence-electron chi connectivity index (χ4n) is 0.917. The van der Waals surface area contributed by atoms with Gasteiger partial charge in [0.15, 0.2) is 11.6 Å². The first-order chi connectivity index (χ1) is 12.8. The van der Waals surface area contributed by atoms with Crippen LogP contribution in [0.4, 0.5) is 29.2 Å². The van der Waals surface area contributed by atoms with E-state index in [1.54, 1.807) is 24.0 Å². The highest BCUT2D eigenvalue weighted by atomic mass is 19.3. The Morgan fingerprint density at radius 3 is 1.70 bits per heavy atom. The number of nitrogen functional groups attached to an aromatic ring is 1. The summed E-state index contributed by atoms with van der Waals surface area (Å²) in [5.41, 5.74) is 6.28. The van der Waals surface area contributed by atoms with Crippen LogP contribution in [0.3, 0.4) is 0 Å². The number of hydrogen-bond acceptors (Lipinski definition) is 9. The number of amides is 1.